The summed E-state index contributed by atoms with van der Waals surface area (Å²) in [6.45, 7) is 2.87. The molecule has 28 heavy (non-hydrogen) atoms. The number of carbonyl (C=O) groups excluding carboxylic acids is 1. The van der Waals surface area contributed by atoms with E-state index >= 15 is 0 Å². The molecule has 0 saturated carbocycles. The number of aliphatic carboxylic acids is 1. The van der Waals surface area contributed by atoms with Crippen LogP contribution in [0.2, 0.25) is 0 Å². The number of hydrogen-bond acceptors (Lipinski definition) is 5. The Morgan fingerprint density at radius 3 is 2.46 bits per heavy atom. The first kappa shape index (κ1) is 19.2. The van der Waals surface area contributed by atoms with Crippen molar-refractivity contribution >= 4 is 22.8 Å². The summed E-state index contributed by atoms with van der Waals surface area (Å²) in [6, 6.07) is 14.8. The van der Waals surface area contributed by atoms with Gasteiger partial charge < -0.3 is 19.6 Å². The summed E-state index contributed by atoms with van der Waals surface area (Å²) in [6.07, 6.45) is -0.928. The second kappa shape index (κ2) is 7.96. The summed E-state index contributed by atoms with van der Waals surface area (Å²) in [5.41, 5.74) is 1.45. The Morgan fingerprint density at radius 2 is 1.79 bits per heavy atom. The van der Waals surface area contributed by atoms with Crippen LogP contribution >= 0.6 is 0 Å². The molecule has 144 valence electrons. The molecule has 7 nitrogen and oxygen atoms in total. The molecule has 0 radical (unpaired) electrons. The quantitative estimate of drug-likeness (QED) is 0.636. The molecule has 2 atom stereocenters. The third-order valence-electron chi connectivity index (χ3n) is 4.21. The van der Waals surface area contributed by atoms with Crippen molar-refractivity contribution in [3.63, 3.8) is 0 Å². The Bertz CT molecular complexity index is 1070. The molecule has 0 aliphatic heterocycles. The molecule has 3 rings (SSSR count). The second-order valence-electron chi connectivity index (χ2n) is 6.33. The highest BCUT2D eigenvalue weighted by molar-refractivity contribution is 5.93. The average molecular weight is 381 g/mol. The summed E-state index contributed by atoms with van der Waals surface area (Å²) < 4.78 is 10.9. The minimum Gasteiger partial charge on any atom is -0.481 e. The molecular weight excluding hydrogens is 362 g/mol. The molecule has 0 saturated heterocycles. The highest BCUT2D eigenvalue weighted by Crippen LogP contribution is 2.29. The first-order valence-corrected chi connectivity index (χ1v) is 8.68. The number of carboxylic acid groups (broad SMARTS) is 1. The van der Waals surface area contributed by atoms with E-state index in [1.54, 1.807) is 12.1 Å². The lowest BCUT2D eigenvalue weighted by atomic mass is 10.0. The highest BCUT2D eigenvalue weighted by atomic mass is 16.5. The topological polar surface area (TPSA) is 106 Å². The normalized spacial score (nSPS) is 12.9. The molecule has 0 spiro atoms. The smallest absolute Gasteiger partial charge is 0.336 e. The van der Waals surface area contributed by atoms with E-state index in [0.29, 0.717) is 11.3 Å². The van der Waals surface area contributed by atoms with Gasteiger partial charge in [0.25, 0.3) is 5.91 Å². The van der Waals surface area contributed by atoms with Crippen LogP contribution in [0.25, 0.3) is 22.1 Å². The van der Waals surface area contributed by atoms with Gasteiger partial charge in [-0.1, -0.05) is 30.3 Å². The van der Waals surface area contributed by atoms with Crippen LogP contribution in [-0.4, -0.2) is 29.1 Å². The van der Waals surface area contributed by atoms with E-state index in [-0.39, 0.29) is 0 Å². The number of amides is 1. The Hall–Kier alpha value is -3.61. The maximum atomic E-state index is 12.0. The molecule has 1 heterocycles. The van der Waals surface area contributed by atoms with Gasteiger partial charge in [-0.2, -0.15) is 0 Å². The van der Waals surface area contributed by atoms with Crippen LogP contribution in [0.15, 0.2) is 63.8 Å². The number of nitrogens with one attached hydrogen (secondary N) is 1. The minimum atomic E-state index is -1.14. The van der Waals surface area contributed by atoms with Crippen molar-refractivity contribution in [1.82, 2.24) is 5.32 Å². The Balaban J connectivity index is 1.88. The lowest BCUT2D eigenvalue weighted by Crippen LogP contribution is -2.44. The maximum absolute atomic E-state index is 12.0. The zero-order valence-electron chi connectivity index (χ0n) is 15.3. The monoisotopic (exact) mass is 381 g/mol. The number of fused-ring (bicyclic) bond motifs is 1. The standard InChI is InChI=1S/C21H19NO6/c1-12(21(25)26)22-20(24)13(2)27-15-8-9-16-17(14-6-4-3-5-7-14)11-19(23)28-18(16)10-15/h3-13H,1-2H3,(H,22,24)(H,25,26). The molecule has 1 aromatic heterocycles. The van der Waals surface area contributed by atoms with E-state index in [2.05, 4.69) is 5.32 Å². The number of carbonyl (C=O) groups is 2. The first-order chi connectivity index (χ1) is 13.3. The van der Waals surface area contributed by atoms with Gasteiger partial charge in [-0.3, -0.25) is 9.59 Å². The van der Waals surface area contributed by atoms with Crippen LogP contribution < -0.4 is 15.7 Å². The molecule has 0 bridgehead atoms. The van der Waals surface area contributed by atoms with Gasteiger partial charge in [0.05, 0.1) is 0 Å². The SMILES string of the molecule is CC(NC(=O)C(C)Oc1ccc2c(-c3ccccc3)cc(=O)oc2c1)C(=O)O. The Morgan fingerprint density at radius 1 is 1.07 bits per heavy atom. The molecule has 7 heteroatoms. The van der Waals surface area contributed by atoms with Crippen LogP contribution in [0.3, 0.4) is 0 Å². The van der Waals surface area contributed by atoms with Crippen molar-refractivity contribution in [3.05, 3.63) is 65.0 Å². The van der Waals surface area contributed by atoms with Crippen molar-refractivity contribution in [1.29, 1.82) is 0 Å². The zero-order valence-corrected chi connectivity index (χ0v) is 15.3. The second-order valence-corrected chi connectivity index (χ2v) is 6.33. The van der Waals surface area contributed by atoms with E-state index in [4.69, 9.17) is 14.3 Å². The number of carboxylic acids is 1. The van der Waals surface area contributed by atoms with Crippen LogP contribution in [0.4, 0.5) is 0 Å². The van der Waals surface area contributed by atoms with Crippen LogP contribution in [0.1, 0.15) is 13.8 Å². The summed E-state index contributed by atoms with van der Waals surface area (Å²) in [7, 11) is 0. The summed E-state index contributed by atoms with van der Waals surface area (Å²) in [5, 5.41) is 11.9. The fourth-order valence-corrected chi connectivity index (χ4v) is 2.72. The van der Waals surface area contributed by atoms with Gasteiger partial charge in [-0.15, -0.1) is 0 Å². The lowest BCUT2D eigenvalue weighted by Gasteiger charge is -2.17. The van der Waals surface area contributed by atoms with Crippen molar-refractivity contribution in [2.75, 3.05) is 0 Å². The molecule has 2 unspecified atom stereocenters. The van der Waals surface area contributed by atoms with E-state index in [9.17, 15) is 14.4 Å². The third kappa shape index (κ3) is 4.20. The maximum Gasteiger partial charge on any atom is 0.336 e. The Labute approximate surface area is 160 Å². The van der Waals surface area contributed by atoms with Crippen molar-refractivity contribution in [3.8, 4) is 16.9 Å². The third-order valence-corrected chi connectivity index (χ3v) is 4.21. The predicted octanol–water partition coefficient (Wildman–Crippen LogP) is 2.82. The summed E-state index contributed by atoms with van der Waals surface area (Å²) >= 11 is 0. The molecule has 3 aromatic rings. The van der Waals surface area contributed by atoms with Gasteiger partial charge in [-0.05, 0) is 37.1 Å². The molecular formula is C21H19NO6. The van der Waals surface area contributed by atoms with E-state index in [0.717, 1.165) is 16.5 Å². The van der Waals surface area contributed by atoms with E-state index < -0.39 is 29.6 Å². The van der Waals surface area contributed by atoms with Crippen LogP contribution in [0, 0.1) is 0 Å². The molecule has 1 amide bonds. The summed E-state index contributed by atoms with van der Waals surface area (Å²) in [5.74, 6) is -1.37. The van der Waals surface area contributed by atoms with Gasteiger partial charge in [0.15, 0.2) is 6.10 Å². The molecule has 0 aliphatic rings. The molecule has 2 N–H and O–H groups in total. The van der Waals surface area contributed by atoms with Gasteiger partial charge in [-0.25, -0.2) is 4.79 Å². The number of hydrogen-bond donors (Lipinski definition) is 2. The average Bonchev–Trinajstić information content (AvgIpc) is 2.67. The zero-order chi connectivity index (χ0) is 20.3. The molecule has 0 fully saturated rings. The number of ether oxygens (including phenoxy) is 1. The van der Waals surface area contributed by atoms with Crippen LogP contribution in [0.5, 0.6) is 5.75 Å². The van der Waals surface area contributed by atoms with Crippen molar-refractivity contribution in [2.45, 2.75) is 26.0 Å². The largest absolute Gasteiger partial charge is 0.481 e. The van der Waals surface area contributed by atoms with E-state index in [1.165, 1.54) is 26.0 Å². The van der Waals surface area contributed by atoms with Crippen LogP contribution in [-0.2, 0) is 9.59 Å². The van der Waals surface area contributed by atoms with Gasteiger partial charge in [0, 0.05) is 17.5 Å². The van der Waals surface area contributed by atoms with Crippen molar-refractivity contribution in [2.24, 2.45) is 0 Å². The minimum absolute atomic E-state index is 0.325. The first-order valence-electron chi connectivity index (χ1n) is 8.68. The fraction of sp³-hybridized carbons (Fsp3) is 0.190. The number of rotatable bonds is 6. The van der Waals surface area contributed by atoms with Gasteiger partial charge >= 0.3 is 11.6 Å². The fourth-order valence-electron chi connectivity index (χ4n) is 2.72. The van der Waals surface area contributed by atoms with Gasteiger partial charge in [0.2, 0.25) is 0 Å². The molecule has 0 aliphatic carbocycles. The lowest BCUT2D eigenvalue weighted by molar-refractivity contribution is -0.142. The molecule has 2 aromatic carbocycles. The van der Waals surface area contributed by atoms with Gasteiger partial charge in [0.1, 0.15) is 17.4 Å². The number of benzene rings is 2. The Kier molecular flexibility index (Phi) is 5.44. The summed E-state index contributed by atoms with van der Waals surface area (Å²) in [4.78, 5) is 34.9. The predicted molar refractivity (Wildman–Crippen MR) is 103 cm³/mol. The van der Waals surface area contributed by atoms with E-state index in [1.807, 2.05) is 30.3 Å². The highest BCUT2D eigenvalue weighted by Gasteiger charge is 2.20. The van der Waals surface area contributed by atoms with Crippen molar-refractivity contribution < 1.29 is 23.8 Å².